The van der Waals surface area contributed by atoms with Crippen molar-refractivity contribution in [3.05, 3.63) is 35.4 Å². The lowest BCUT2D eigenvalue weighted by Gasteiger charge is -2.10. The summed E-state index contributed by atoms with van der Waals surface area (Å²) in [5.74, 6) is -3.26. The molecule has 1 rings (SSSR count). The van der Waals surface area contributed by atoms with Gasteiger partial charge in [-0.3, -0.25) is 4.79 Å². The summed E-state index contributed by atoms with van der Waals surface area (Å²) in [5, 5.41) is 8.41. The standard InChI is InChI=1S/C9H9F2NO2/c10-6-3-1-2-5(9(6)11)7(12)4-8(13)14/h1-3,7H,4,12H2,(H,13,14). The largest absolute Gasteiger partial charge is 0.481 e. The summed E-state index contributed by atoms with van der Waals surface area (Å²) in [6.45, 7) is 0. The van der Waals surface area contributed by atoms with Gasteiger partial charge in [-0.25, -0.2) is 8.78 Å². The topological polar surface area (TPSA) is 63.3 Å². The molecule has 0 aromatic heterocycles. The van der Waals surface area contributed by atoms with Crippen molar-refractivity contribution in [1.29, 1.82) is 0 Å². The Morgan fingerprint density at radius 3 is 2.71 bits per heavy atom. The van der Waals surface area contributed by atoms with Crippen molar-refractivity contribution in [2.24, 2.45) is 5.73 Å². The Balaban J connectivity index is 2.95. The minimum Gasteiger partial charge on any atom is -0.481 e. The molecule has 0 amide bonds. The first-order chi connectivity index (χ1) is 6.52. The number of benzene rings is 1. The van der Waals surface area contributed by atoms with Crippen LogP contribution in [0.5, 0.6) is 0 Å². The first-order valence-corrected chi connectivity index (χ1v) is 3.93. The molecule has 1 aromatic rings. The van der Waals surface area contributed by atoms with E-state index in [1.165, 1.54) is 12.1 Å². The van der Waals surface area contributed by atoms with Gasteiger partial charge in [0.1, 0.15) is 0 Å². The van der Waals surface area contributed by atoms with Gasteiger partial charge in [0.2, 0.25) is 0 Å². The van der Waals surface area contributed by atoms with Gasteiger partial charge in [-0.15, -0.1) is 0 Å². The Morgan fingerprint density at radius 1 is 1.50 bits per heavy atom. The smallest absolute Gasteiger partial charge is 0.305 e. The Kier molecular flexibility index (Phi) is 3.14. The van der Waals surface area contributed by atoms with Crippen LogP contribution in [0, 0.1) is 11.6 Å². The number of carboxylic acids is 1. The molecule has 0 radical (unpaired) electrons. The summed E-state index contributed by atoms with van der Waals surface area (Å²) < 4.78 is 25.8. The highest BCUT2D eigenvalue weighted by atomic mass is 19.2. The van der Waals surface area contributed by atoms with Crippen LogP contribution in [0.4, 0.5) is 8.78 Å². The fourth-order valence-corrected chi connectivity index (χ4v) is 1.10. The minimum atomic E-state index is -1.15. The van der Waals surface area contributed by atoms with E-state index in [-0.39, 0.29) is 5.56 Å². The van der Waals surface area contributed by atoms with Gasteiger partial charge in [-0.1, -0.05) is 12.1 Å². The number of hydrogen-bond acceptors (Lipinski definition) is 2. The van der Waals surface area contributed by atoms with Crippen molar-refractivity contribution in [1.82, 2.24) is 0 Å². The Morgan fingerprint density at radius 2 is 2.14 bits per heavy atom. The van der Waals surface area contributed by atoms with Crippen LogP contribution < -0.4 is 5.73 Å². The van der Waals surface area contributed by atoms with Crippen molar-refractivity contribution in [2.45, 2.75) is 12.5 Å². The summed E-state index contributed by atoms with van der Waals surface area (Å²) >= 11 is 0. The first-order valence-electron chi connectivity index (χ1n) is 3.93. The van der Waals surface area contributed by atoms with Gasteiger partial charge in [0.05, 0.1) is 6.42 Å². The van der Waals surface area contributed by atoms with Gasteiger partial charge in [0, 0.05) is 11.6 Å². The van der Waals surface area contributed by atoms with Gasteiger partial charge in [0.15, 0.2) is 11.6 Å². The van der Waals surface area contributed by atoms with E-state index in [4.69, 9.17) is 10.8 Å². The second kappa shape index (κ2) is 4.15. The summed E-state index contributed by atoms with van der Waals surface area (Å²) in [4.78, 5) is 10.3. The number of aliphatic carboxylic acids is 1. The predicted octanol–water partition coefficient (Wildman–Crippen LogP) is 1.44. The van der Waals surface area contributed by atoms with Gasteiger partial charge in [0.25, 0.3) is 0 Å². The maximum absolute atomic E-state index is 13.1. The van der Waals surface area contributed by atoms with Gasteiger partial charge >= 0.3 is 5.97 Å². The molecule has 0 aliphatic heterocycles. The quantitative estimate of drug-likeness (QED) is 0.777. The number of halogens is 2. The number of carbonyl (C=O) groups is 1. The highest BCUT2D eigenvalue weighted by Gasteiger charge is 2.16. The van der Waals surface area contributed by atoms with Crippen LogP contribution in [0.2, 0.25) is 0 Å². The van der Waals surface area contributed by atoms with E-state index in [0.29, 0.717) is 0 Å². The monoisotopic (exact) mass is 201 g/mol. The van der Waals surface area contributed by atoms with Gasteiger partial charge < -0.3 is 10.8 Å². The van der Waals surface area contributed by atoms with E-state index >= 15 is 0 Å². The van der Waals surface area contributed by atoms with Crippen LogP contribution >= 0.6 is 0 Å². The summed E-state index contributed by atoms with van der Waals surface area (Å²) in [6, 6.07) is 2.48. The summed E-state index contributed by atoms with van der Waals surface area (Å²) in [6.07, 6.45) is -0.430. The maximum Gasteiger partial charge on any atom is 0.305 e. The van der Waals surface area contributed by atoms with Crippen molar-refractivity contribution >= 4 is 5.97 Å². The molecule has 0 bridgehead atoms. The maximum atomic E-state index is 13.1. The molecule has 0 heterocycles. The number of nitrogens with two attached hydrogens (primary N) is 1. The van der Waals surface area contributed by atoms with Crippen LogP contribution in [0.25, 0.3) is 0 Å². The van der Waals surface area contributed by atoms with E-state index in [2.05, 4.69) is 0 Å². The lowest BCUT2D eigenvalue weighted by Crippen LogP contribution is -2.16. The van der Waals surface area contributed by atoms with Crippen molar-refractivity contribution in [3.63, 3.8) is 0 Å². The molecule has 1 unspecified atom stereocenters. The molecule has 0 saturated carbocycles. The molecule has 14 heavy (non-hydrogen) atoms. The molecular formula is C9H9F2NO2. The van der Waals surface area contributed by atoms with E-state index in [1.807, 2.05) is 0 Å². The third kappa shape index (κ3) is 2.26. The third-order valence-corrected chi connectivity index (χ3v) is 1.78. The summed E-state index contributed by atoms with van der Waals surface area (Å²) in [5.41, 5.74) is 5.26. The minimum absolute atomic E-state index is 0.118. The highest BCUT2D eigenvalue weighted by Crippen LogP contribution is 2.19. The molecule has 0 fully saturated rings. The number of carboxylic acid groups (broad SMARTS) is 1. The first kappa shape index (κ1) is 10.6. The summed E-state index contributed by atoms with van der Waals surface area (Å²) in [7, 11) is 0. The Hall–Kier alpha value is -1.49. The zero-order valence-electron chi connectivity index (χ0n) is 7.21. The molecule has 0 aliphatic rings. The molecule has 1 atom stereocenters. The van der Waals surface area contributed by atoms with Crippen LogP contribution in [0.15, 0.2) is 18.2 Å². The molecule has 0 aliphatic carbocycles. The zero-order valence-corrected chi connectivity index (χ0v) is 7.21. The van der Waals surface area contributed by atoms with Crippen LogP contribution in [0.1, 0.15) is 18.0 Å². The molecule has 3 nitrogen and oxygen atoms in total. The third-order valence-electron chi connectivity index (χ3n) is 1.78. The van der Waals surface area contributed by atoms with E-state index in [9.17, 15) is 13.6 Å². The second-order valence-corrected chi connectivity index (χ2v) is 2.85. The number of hydrogen-bond donors (Lipinski definition) is 2. The normalized spacial score (nSPS) is 12.5. The predicted molar refractivity (Wildman–Crippen MR) is 45.5 cm³/mol. The van der Waals surface area contributed by atoms with Crippen molar-refractivity contribution in [2.75, 3.05) is 0 Å². The van der Waals surface area contributed by atoms with E-state index < -0.39 is 30.1 Å². The lowest BCUT2D eigenvalue weighted by atomic mass is 10.0. The van der Waals surface area contributed by atoms with E-state index in [0.717, 1.165) is 6.07 Å². The molecule has 0 spiro atoms. The number of rotatable bonds is 3. The lowest BCUT2D eigenvalue weighted by molar-refractivity contribution is -0.137. The fourth-order valence-electron chi connectivity index (χ4n) is 1.10. The molecule has 0 saturated heterocycles. The molecule has 1 aromatic carbocycles. The van der Waals surface area contributed by atoms with Crippen LogP contribution in [-0.2, 0) is 4.79 Å². The molecular weight excluding hydrogens is 192 g/mol. The average Bonchev–Trinajstić information content (AvgIpc) is 2.08. The highest BCUT2D eigenvalue weighted by molar-refractivity contribution is 5.67. The SMILES string of the molecule is NC(CC(=O)O)c1cccc(F)c1F. The van der Waals surface area contributed by atoms with E-state index in [1.54, 1.807) is 0 Å². The molecule has 3 N–H and O–H groups in total. The average molecular weight is 201 g/mol. The molecule has 76 valence electrons. The van der Waals surface area contributed by atoms with Crippen LogP contribution in [-0.4, -0.2) is 11.1 Å². The van der Waals surface area contributed by atoms with Gasteiger partial charge in [-0.2, -0.15) is 0 Å². The fraction of sp³-hybridized carbons (Fsp3) is 0.222. The van der Waals surface area contributed by atoms with Crippen molar-refractivity contribution < 1.29 is 18.7 Å². The molecule has 5 heteroatoms. The second-order valence-electron chi connectivity index (χ2n) is 2.85. The van der Waals surface area contributed by atoms with Crippen molar-refractivity contribution in [3.8, 4) is 0 Å². The Bertz CT molecular complexity index is 355. The zero-order chi connectivity index (χ0) is 10.7. The Labute approximate surface area is 79.2 Å². The van der Waals surface area contributed by atoms with Gasteiger partial charge in [-0.05, 0) is 6.07 Å². The van der Waals surface area contributed by atoms with Crippen LogP contribution in [0.3, 0.4) is 0 Å².